The van der Waals surface area contributed by atoms with Gasteiger partial charge < -0.3 is 28.4 Å². The van der Waals surface area contributed by atoms with E-state index in [4.69, 9.17) is 8.83 Å². The van der Waals surface area contributed by atoms with Gasteiger partial charge in [0.1, 0.15) is 22.3 Å². The van der Waals surface area contributed by atoms with E-state index in [-0.39, 0.29) is 0 Å². The first-order chi connectivity index (χ1) is 65.5. The smallest absolute Gasteiger partial charge is 0.136 e. The average molecular weight is 1680 g/mol. The molecule has 2 heterocycles. The topological polar surface area (TPSA) is 39.2 Å². The van der Waals surface area contributed by atoms with E-state index in [9.17, 15) is 0 Å². The monoisotopic (exact) mass is 1680 g/mol. The molecule has 132 heavy (non-hydrogen) atoms. The predicted octanol–water partition coefficient (Wildman–Crippen LogP) is 34.3. The number of furan rings is 2. The van der Waals surface area contributed by atoms with Crippen LogP contribution < -0.4 is 19.6 Å². The van der Waals surface area contributed by atoms with Crippen molar-refractivity contribution in [2.24, 2.45) is 0 Å². The minimum atomic E-state index is -0.768. The van der Waals surface area contributed by atoms with E-state index in [0.717, 1.165) is 156 Å². The standard InChI is InChI=1S/C126H78N4O2/c1-7-35-83(36-8-1)127(84-37-9-2-10-38-84)91-63-67-93-81(71-91)61-65-101-121-107-74-106-100-54-24-30-60-118(100)131-119(106)75-104(107)116(78-113(121)125(123(93)101)109-55-25-19-49-95(109)96-50-20-26-56-110(96)125)130(88-45-17-6-18-46-88)90-48-32-34-80(70-90)79-33-31-47-89(69-79)128(85-39-11-3-12-40-85)92-64-68-94-82(72-92)62-66-102-122-108-76-120-105(99-53-23-29-59-117(99)132-120)73-103(108)115(129(86-41-13-4-14-42-86)87-43-15-5-16-44-87)77-114(122)126(124(94)102)111-57-27-21-51-97(111)98-52-22-28-58-112(98)126/h1-78H. The van der Waals surface area contributed by atoms with Crippen LogP contribution in [0, 0.1) is 0 Å². The van der Waals surface area contributed by atoms with Crippen LogP contribution in [0.1, 0.15) is 44.5 Å². The summed E-state index contributed by atoms with van der Waals surface area (Å²) in [4.78, 5) is 9.80. The first-order valence-corrected chi connectivity index (χ1v) is 45.6. The molecule has 614 valence electrons. The molecule has 2 aromatic heterocycles. The molecule has 0 bridgehead atoms. The predicted molar refractivity (Wildman–Crippen MR) is 548 cm³/mol. The van der Waals surface area contributed by atoms with Gasteiger partial charge in [-0.25, -0.2) is 0 Å². The number of rotatable bonds is 13. The van der Waals surface area contributed by atoms with Crippen molar-refractivity contribution in [2.45, 2.75) is 10.8 Å². The highest BCUT2D eigenvalue weighted by atomic mass is 16.3. The fraction of sp³-hybridized carbons (Fsp3) is 0.0159. The maximum absolute atomic E-state index is 7.03. The van der Waals surface area contributed by atoms with Gasteiger partial charge in [-0.15, -0.1) is 0 Å². The van der Waals surface area contributed by atoms with E-state index in [0.29, 0.717) is 0 Å². The van der Waals surface area contributed by atoms with Gasteiger partial charge in [0.2, 0.25) is 0 Å². The summed E-state index contributed by atoms with van der Waals surface area (Å²) in [7, 11) is 0. The Hall–Kier alpha value is -17.3. The van der Waals surface area contributed by atoms with Crippen molar-refractivity contribution in [3.63, 3.8) is 0 Å². The maximum atomic E-state index is 7.03. The molecule has 0 fully saturated rings. The fourth-order valence-electron chi connectivity index (χ4n) is 23.6. The number of hydrogen-bond acceptors (Lipinski definition) is 6. The molecule has 22 aromatic carbocycles. The largest absolute Gasteiger partial charge is 0.456 e. The summed E-state index contributed by atoms with van der Waals surface area (Å²) in [6.07, 6.45) is 0. The third kappa shape index (κ3) is 10.6. The third-order valence-corrected chi connectivity index (χ3v) is 28.9. The second-order valence-corrected chi connectivity index (χ2v) is 35.5. The summed E-state index contributed by atoms with van der Waals surface area (Å²) in [6.45, 7) is 0. The van der Waals surface area contributed by atoms with E-state index in [1.165, 1.54) is 99.8 Å². The Balaban J connectivity index is 0.626. The fourth-order valence-corrected chi connectivity index (χ4v) is 23.6. The first-order valence-electron chi connectivity index (χ1n) is 45.6. The van der Waals surface area contributed by atoms with E-state index in [1.807, 2.05) is 0 Å². The van der Waals surface area contributed by atoms with Crippen LogP contribution in [-0.2, 0) is 10.8 Å². The molecule has 0 saturated carbocycles. The van der Waals surface area contributed by atoms with Crippen molar-refractivity contribution in [2.75, 3.05) is 19.6 Å². The highest BCUT2D eigenvalue weighted by Gasteiger charge is 2.56. The van der Waals surface area contributed by atoms with Gasteiger partial charge in [0.15, 0.2) is 0 Å². The van der Waals surface area contributed by atoms with Gasteiger partial charge in [0, 0.05) is 89.2 Å². The molecule has 0 amide bonds. The van der Waals surface area contributed by atoms with Crippen molar-refractivity contribution in [1.29, 1.82) is 0 Å². The molecular formula is C126H78N4O2. The van der Waals surface area contributed by atoms with E-state index < -0.39 is 10.8 Å². The lowest BCUT2D eigenvalue weighted by Crippen LogP contribution is -2.26. The highest BCUT2D eigenvalue weighted by molar-refractivity contribution is 6.23. The number of benzene rings is 22. The summed E-state index contributed by atoms with van der Waals surface area (Å²) in [5, 5.41) is 13.5. The Bertz CT molecular complexity index is 8760. The Morgan fingerprint density at radius 3 is 0.871 bits per heavy atom. The molecule has 28 rings (SSSR count). The van der Waals surface area contributed by atoms with Gasteiger partial charge in [-0.3, -0.25) is 0 Å². The molecule has 0 aliphatic heterocycles. The van der Waals surface area contributed by atoms with E-state index in [2.05, 4.69) is 493 Å². The van der Waals surface area contributed by atoms with Crippen LogP contribution >= 0.6 is 0 Å². The van der Waals surface area contributed by atoms with Gasteiger partial charge in [-0.2, -0.15) is 0 Å². The Morgan fingerprint density at radius 1 is 0.159 bits per heavy atom. The molecule has 4 aliphatic carbocycles. The zero-order chi connectivity index (χ0) is 86.4. The average Bonchev–Trinajstić information content (AvgIpc) is 1.49. The maximum Gasteiger partial charge on any atom is 0.136 e. The van der Waals surface area contributed by atoms with Crippen LogP contribution in [0.15, 0.2) is 482 Å². The summed E-state index contributed by atoms with van der Waals surface area (Å²) in [6, 6.07) is 176. The van der Waals surface area contributed by atoms with E-state index in [1.54, 1.807) is 0 Å². The number of hydrogen-bond donors (Lipinski definition) is 0. The van der Waals surface area contributed by atoms with E-state index >= 15 is 0 Å². The van der Waals surface area contributed by atoms with Crippen molar-refractivity contribution in [3.05, 3.63) is 518 Å². The van der Waals surface area contributed by atoms with Crippen molar-refractivity contribution in [1.82, 2.24) is 0 Å². The number of fused-ring (bicyclic) bond motifs is 34. The van der Waals surface area contributed by atoms with Gasteiger partial charge in [-0.05, 0) is 302 Å². The molecule has 4 aliphatic rings. The van der Waals surface area contributed by atoms with Crippen LogP contribution in [0.5, 0.6) is 0 Å². The van der Waals surface area contributed by atoms with Gasteiger partial charge in [0.25, 0.3) is 0 Å². The number of para-hydroxylation sites is 8. The summed E-state index contributed by atoms with van der Waals surface area (Å²) >= 11 is 0. The molecular weight excluding hydrogens is 1600 g/mol. The van der Waals surface area contributed by atoms with Gasteiger partial charge in [-0.1, -0.05) is 303 Å². The molecule has 24 aromatic rings. The molecule has 6 heteroatoms. The highest BCUT2D eigenvalue weighted by Crippen LogP contribution is 2.70. The van der Waals surface area contributed by atoms with Crippen LogP contribution in [0.3, 0.4) is 0 Å². The zero-order valence-corrected chi connectivity index (χ0v) is 71.6. The second-order valence-electron chi connectivity index (χ2n) is 35.5. The molecule has 6 nitrogen and oxygen atoms in total. The Morgan fingerprint density at radius 2 is 0.462 bits per heavy atom. The minimum absolute atomic E-state index is 0.754. The van der Waals surface area contributed by atoms with Crippen molar-refractivity contribution >= 4 is 155 Å². The SMILES string of the molecule is c1ccc(N(c2cccc(-c3cccc(N(c4ccccc4)c4cc5c(c6cc7c(cc46)oc4ccccc47)-c4ccc6cc(N(c7ccccc7)c7ccccc7)ccc6c4C54c5ccccc5-c5ccccc54)c3)c2)c2ccc3c4c(ccc3c2)-c2c(cc(N(c3ccccc3)c3ccccc3)c3cc5c(cc23)oc2ccccc25)C42c3ccccc3-c3ccccc32)cc1. The molecule has 0 radical (unpaired) electrons. The van der Waals surface area contributed by atoms with Gasteiger partial charge in [0.05, 0.1) is 22.2 Å². The molecule has 0 saturated heterocycles. The lowest BCUT2D eigenvalue weighted by molar-refractivity contribution is 0.669. The molecule has 0 atom stereocenters. The lowest BCUT2D eigenvalue weighted by Gasteiger charge is -2.34. The van der Waals surface area contributed by atoms with Crippen LogP contribution in [0.2, 0.25) is 0 Å². The lowest BCUT2D eigenvalue weighted by atomic mass is 9.69. The minimum Gasteiger partial charge on any atom is -0.456 e. The summed E-state index contributed by atoms with van der Waals surface area (Å²) in [5.41, 5.74) is 36.7. The van der Waals surface area contributed by atoms with Crippen LogP contribution in [0.25, 0.3) is 143 Å². The summed E-state index contributed by atoms with van der Waals surface area (Å²) < 4.78 is 14.0. The zero-order valence-electron chi connectivity index (χ0n) is 71.6. The van der Waals surface area contributed by atoms with Crippen LogP contribution in [-0.4, -0.2) is 0 Å². The molecule has 2 spiro atoms. The number of anilines is 12. The summed E-state index contributed by atoms with van der Waals surface area (Å²) in [5.74, 6) is 0. The third-order valence-electron chi connectivity index (χ3n) is 28.9. The van der Waals surface area contributed by atoms with Crippen molar-refractivity contribution in [3.8, 4) is 55.6 Å². The Kier molecular flexibility index (Phi) is 16.0. The first kappa shape index (κ1) is 73.8. The molecule has 0 N–H and O–H groups in total. The van der Waals surface area contributed by atoms with Crippen LogP contribution in [0.4, 0.5) is 68.2 Å². The Labute approximate surface area is 762 Å². The molecule has 0 unspecified atom stereocenters. The number of nitrogens with zero attached hydrogens (tertiary/aromatic N) is 4. The van der Waals surface area contributed by atoms with Crippen molar-refractivity contribution < 1.29 is 8.83 Å². The quantitative estimate of drug-likeness (QED) is 0.115. The second kappa shape index (κ2) is 28.6. The normalized spacial score (nSPS) is 13.1. The van der Waals surface area contributed by atoms with Gasteiger partial charge >= 0.3 is 0 Å².